The van der Waals surface area contributed by atoms with Crippen molar-refractivity contribution in [2.45, 2.75) is 6.92 Å². The molecule has 0 aromatic heterocycles. The number of nitrogens with zero attached hydrogens (tertiary/aromatic N) is 1. The van der Waals surface area contributed by atoms with Gasteiger partial charge in [0.15, 0.2) is 23.9 Å². The molecule has 0 atom stereocenters. The molecule has 0 unspecified atom stereocenters. The Bertz CT molecular complexity index is 908. The van der Waals surface area contributed by atoms with Crippen LogP contribution in [0.1, 0.15) is 22.8 Å². The summed E-state index contributed by atoms with van der Waals surface area (Å²) in [5.41, 5.74) is 1.29. The summed E-state index contributed by atoms with van der Waals surface area (Å²) in [5, 5.41) is 0. The van der Waals surface area contributed by atoms with E-state index >= 15 is 0 Å². The molecule has 29 heavy (non-hydrogen) atoms. The van der Waals surface area contributed by atoms with E-state index < -0.39 is 0 Å². The molecule has 0 radical (unpaired) electrons. The van der Waals surface area contributed by atoms with Gasteiger partial charge < -0.3 is 19.1 Å². The first-order valence-corrected chi connectivity index (χ1v) is 9.80. The number of carbonyl (C=O) groups is 2. The highest BCUT2D eigenvalue weighted by molar-refractivity contribution is 9.10. The van der Waals surface area contributed by atoms with Crippen molar-refractivity contribution in [3.63, 3.8) is 0 Å². The molecule has 0 N–H and O–H groups in total. The van der Waals surface area contributed by atoms with Crippen molar-refractivity contribution in [3.8, 4) is 17.2 Å². The number of allylic oxidation sites excluding steroid dienone is 1. The van der Waals surface area contributed by atoms with Crippen LogP contribution in [-0.4, -0.2) is 51.0 Å². The molecule has 0 fully saturated rings. The summed E-state index contributed by atoms with van der Waals surface area (Å²) in [5.74, 6) is 1.25. The minimum Gasteiger partial charge on any atom is -0.497 e. The molecular formula is C22H24BrNO5. The Balaban J connectivity index is 2.23. The monoisotopic (exact) mass is 461 g/mol. The van der Waals surface area contributed by atoms with Crippen LogP contribution < -0.4 is 14.2 Å². The van der Waals surface area contributed by atoms with E-state index in [0.717, 1.165) is 5.56 Å². The van der Waals surface area contributed by atoms with Gasteiger partial charge in [-0.2, -0.15) is 0 Å². The zero-order valence-corrected chi connectivity index (χ0v) is 18.5. The molecule has 0 aliphatic heterocycles. The van der Waals surface area contributed by atoms with Gasteiger partial charge in [-0.1, -0.05) is 18.2 Å². The molecule has 6 nitrogen and oxygen atoms in total. The van der Waals surface area contributed by atoms with Crippen LogP contribution in [0, 0.1) is 0 Å². The summed E-state index contributed by atoms with van der Waals surface area (Å²) in [6.45, 7) is 2.19. The first kappa shape index (κ1) is 22.5. The van der Waals surface area contributed by atoms with E-state index in [1.807, 2.05) is 6.92 Å². The number of carbonyl (C=O) groups excluding carboxylic acids is 2. The zero-order valence-electron chi connectivity index (χ0n) is 16.9. The molecule has 0 saturated carbocycles. The molecule has 2 rings (SSSR count). The van der Waals surface area contributed by atoms with Crippen LogP contribution in [0.3, 0.4) is 0 Å². The number of hydrogen-bond acceptors (Lipinski definition) is 5. The molecule has 0 aliphatic rings. The third kappa shape index (κ3) is 6.35. The summed E-state index contributed by atoms with van der Waals surface area (Å²) in [6, 6.07) is 10.5. The maximum Gasteiger partial charge on any atom is 0.259 e. The van der Waals surface area contributed by atoms with Gasteiger partial charge in [-0.15, -0.1) is 0 Å². The highest BCUT2D eigenvalue weighted by Gasteiger charge is 2.14. The van der Waals surface area contributed by atoms with Gasteiger partial charge in [-0.25, -0.2) is 0 Å². The van der Waals surface area contributed by atoms with E-state index in [2.05, 4.69) is 15.9 Å². The molecule has 0 aliphatic carbocycles. The highest BCUT2D eigenvalue weighted by Crippen LogP contribution is 2.37. The van der Waals surface area contributed by atoms with Gasteiger partial charge in [0.2, 0.25) is 0 Å². The normalized spacial score (nSPS) is 10.7. The fourth-order valence-corrected chi connectivity index (χ4v) is 2.97. The topological polar surface area (TPSA) is 65.1 Å². The fourth-order valence-electron chi connectivity index (χ4n) is 2.39. The minimum absolute atomic E-state index is 0.102. The van der Waals surface area contributed by atoms with Gasteiger partial charge in [0.1, 0.15) is 5.75 Å². The first-order chi connectivity index (χ1) is 13.8. The summed E-state index contributed by atoms with van der Waals surface area (Å²) in [4.78, 5) is 25.7. The Morgan fingerprint density at radius 2 is 1.90 bits per heavy atom. The number of ketones is 1. The average molecular weight is 462 g/mol. The largest absolute Gasteiger partial charge is 0.497 e. The molecular weight excluding hydrogens is 438 g/mol. The van der Waals surface area contributed by atoms with Crippen LogP contribution in [0.4, 0.5) is 0 Å². The Labute approximate surface area is 179 Å². The van der Waals surface area contributed by atoms with E-state index in [1.165, 1.54) is 11.0 Å². The molecule has 154 valence electrons. The van der Waals surface area contributed by atoms with Crippen LogP contribution in [0.5, 0.6) is 17.2 Å². The third-order valence-electron chi connectivity index (χ3n) is 3.95. The SMILES string of the molecule is CCOc1cc(/C=C/C(=O)c2cccc(OC)c2)cc(Br)c1OCC(=O)N(C)C. The van der Waals surface area contributed by atoms with Crippen LogP contribution >= 0.6 is 15.9 Å². The van der Waals surface area contributed by atoms with Gasteiger partial charge in [0.05, 0.1) is 18.2 Å². The van der Waals surface area contributed by atoms with Gasteiger partial charge in [-0.05, 0) is 58.8 Å². The van der Waals surface area contributed by atoms with Crippen LogP contribution in [0.2, 0.25) is 0 Å². The zero-order chi connectivity index (χ0) is 21.4. The van der Waals surface area contributed by atoms with Crippen molar-refractivity contribution in [1.29, 1.82) is 0 Å². The Hall–Kier alpha value is -2.80. The number of likely N-dealkylation sites (N-methyl/N-ethyl adjacent to an activating group) is 1. The second-order valence-corrected chi connectivity index (χ2v) is 7.12. The van der Waals surface area contributed by atoms with Crippen molar-refractivity contribution >= 4 is 33.7 Å². The van der Waals surface area contributed by atoms with Gasteiger partial charge in [-0.3, -0.25) is 9.59 Å². The maximum absolute atomic E-state index is 12.4. The Morgan fingerprint density at radius 1 is 1.14 bits per heavy atom. The standard InChI is InChI=1S/C22H24BrNO5/c1-5-28-20-12-15(11-18(23)22(20)29-14-21(26)24(2)3)9-10-19(25)16-7-6-8-17(13-16)27-4/h6-13H,5,14H2,1-4H3/b10-9+. The number of rotatable bonds is 9. The second kappa shape index (κ2) is 10.7. The van der Waals surface area contributed by atoms with Crippen molar-refractivity contribution in [1.82, 2.24) is 4.90 Å². The fraction of sp³-hybridized carbons (Fsp3) is 0.273. The van der Waals surface area contributed by atoms with E-state index in [1.54, 1.807) is 63.7 Å². The lowest BCUT2D eigenvalue weighted by molar-refractivity contribution is -0.130. The van der Waals surface area contributed by atoms with Crippen LogP contribution in [0.25, 0.3) is 6.08 Å². The van der Waals surface area contributed by atoms with Gasteiger partial charge >= 0.3 is 0 Å². The maximum atomic E-state index is 12.4. The second-order valence-electron chi connectivity index (χ2n) is 6.27. The number of benzene rings is 2. The number of ether oxygens (including phenoxy) is 3. The van der Waals surface area contributed by atoms with E-state index in [-0.39, 0.29) is 18.3 Å². The summed E-state index contributed by atoms with van der Waals surface area (Å²) >= 11 is 3.46. The minimum atomic E-state index is -0.160. The molecule has 0 spiro atoms. The summed E-state index contributed by atoms with van der Waals surface area (Å²) < 4.78 is 17.1. The predicted molar refractivity (Wildman–Crippen MR) is 116 cm³/mol. The molecule has 0 bridgehead atoms. The van der Waals surface area contributed by atoms with Crippen LogP contribution in [-0.2, 0) is 4.79 Å². The number of hydrogen-bond donors (Lipinski definition) is 0. The number of halogens is 1. The first-order valence-electron chi connectivity index (χ1n) is 9.01. The Kier molecular flexibility index (Phi) is 8.27. The van der Waals surface area contributed by atoms with Crippen LogP contribution in [0.15, 0.2) is 46.9 Å². The van der Waals surface area contributed by atoms with E-state index in [9.17, 15) is 9.59 Å². The average Bonchev–Trinajstić information content (AvgIpc) is 2.71. The molecule has 2 aromatic carbocycles. The van der Waals surface area contributed by atoms with Crippen molar-refractivity contribution in [2.24, 2.45) is 0 Å². The molecule has 7 heteroatoms. The number of methoxy groups -OCH3 is 1. The molecule has 0 heterocycles. The lowest BCUT2D eigenvalue weighted by Crippen LogP contribution is -2.27. The lowest BCUT2D eigenvalue weighted by Gasteiger charge is -2.16. The third-order valence-corrected chi connectivity index (χ3v) is 4.54. The van der Waals surface area contributed by atoms with E-state index in [4.69, 9.17) is 14.2 Å². The molecule has 0 saturated heterocycles. The molecule has 1 amide bonds. The Morgan fingerprint density at radius 3 is 2.55 bits per heavy atom. The molecule has 2 aromatic rings. The number of amides is 1. The van der Waals surface area contributed by atoms with E-state index in [0.29, 0.717) is 33.9 Å². The van der Waals surface area contributed by atoms with Crippen molar-refractivity contribution in [3.05, 3.63) is 58.1 Å². The summed E-state index contributed by atoms with van der Waals surface area (Å²) in [7, 11) is 4.89. The summed E-state index contributed by atoms with van der Waals surface area (Å²) in [6.07, 6.45) is 3.19. The van der Waals surface area contributed by atoms with Crippen molar-refractivity contribution < 1.29 is 23.8 Å². The van der Waals surface area contributed by atoms with Crippen molar-refractivity contribution in [2.75, 3.05) is 34.4 Å². The smallest absolute Gasteiger partial charge is 0.259 e. The quantitative estimate of drug-likeness (QED) is 0.413. The predicted octanol–water partition coefficient (Wildman–Crippen LogP) is 4.22. The highest BCUT2D eigenvalue weighted by atomic mass is 79.9. The lowest BCUT2D eigenvalue weighted by atomic mass is 10.1. The van der Waals surface area contributed by atoms with Gasteiger partial charge in [0, 0.05) is 19.7 Å². The van der Waals surface area contributed by atoms with Gasteiger partial charge in [0.25, 0.3) is 5.91 Å².